The van der Waals surface area contributed by atoms with Crippen LogP contribution in [-0.2, 0) is 20.7 Å². The van der Waals surface area contributed by atoms with Gasteiger partial charge in [-0.1, -0.05) is 36.4 Å². The standard InChI is InChI=1S/C25H25NO5.C4H9NO/c1-2-29-24(25(27)28)17-18-11-13-19(14-12-18)30-16-15-26-20-7-3-5-9-22(20)31-23-10-6-4-8-21(23)26;1-3-6-4-2-5-1/h3-14,24H,2,15-17H2,1H3,(H,27,28);5H,1-4H2. The van der Waals surface area contributed by atoms with E-state index in [1.54, 1.807) is 6.92 Å². The van der Waals surface area contributed by atoms with Gasteiger partial charge in [0.05, 0.1) is 31.1 Å². The summed E-state index contributed by atoms with van der Waals surface area (Å²) in [5.41, 5.74) is 2.91. The Morgan fingerprint density at radius 1 is 0.973 bits per heavy atom. The molecule has 1 saturated heterocycles. The van der Waals surface area contributed by atoms with Crippen LogP contribution in [0.15, 0.2) is 72.8 Å². The molecule has 8 heteroatoms. The highest BCUT2D eigenvalue weighted by Crippen LogP contribution is 2.45. The Balaban J connectivity index is 0.000000469. The highest BCUT2D eigenvalue weighted by molar-refractivity contribution is 5.77. The van der Waals surface area contributed by atoms with Crippen molar-refractivity contribution in [3.63, 3.8) is 0 Å². The zero-order chi connectivity index (χ0) is 25.9. The first kappa shape index (κ1) is 26.5. The number of hydrogen-bond acceptors (Lipinski definition) is 7. The molecular weight excluding hydrogens is 472 g/mol. The van der Waals surface area contributed by atoms with Gasteiger partial charge in [-0.2, -0.15) is 0 Å². The largest absolute Gasteiger partial charge is 0.492 e. The number of anilines is 2. The van der Waals surface area contributed by atoms with Gasteiger partial charge in [-0.15, -0.1) is 0 Å². The summed E-state index contributed by atoms with van der Waals surface area (Å²) in [6.07, 6.45) is -0.511. The second-order valence-corrected chi connectivity index (χ2v) is 8.53. The highest BCUT2D eigenvalue weighted by Gasteiger charge is 2.23. The molecule has 0 aromatic heterocycles. The number of nitrogens with zero attached hydrogens (tertiary/aromatic N) is 1. The molecule has 37 heavy (non-hydrogen) atoms. The maximum Gasteiger partial charge on any atom is 0.333 e. The molecule has 3 aromatic rings. The van der Waals surface area contributed by atoms with Crippen LogP contribution in [0.25, 0.3) is 0 Å². The van der Waals surface area contributed by atoms with Gasteiger partial charge in [0.2, 0.25) is 0 Å². The Labute approximate surface area is 217 Å². The number of carboxylic acids is 1. The van der Waals surface area contributed by atoms with Gasteiger partial charge < -0.3 is 34.3 Å². The average molecular weight is 507 g/mol. The third-order valence-electron chi connectivity index (χ3n) is 5.95. The summed E-state index contributed by atoms with van der Waals surface area (Å²) < 4.78 is 22.3. The van der Waals surface area contributed by atoms with E-state index in [0.717, 1.165) is 60.5 Å². The number of hydrogen-bond donors (Lipinski definition) is 2. The Morgan fingerprint density at radius 3 is 2.11 bits per heavy atom. The number of rotatable bonds is 9. The van der Waals surface area contributed by atoms with Crippen molar-refractivity contribution in [2.24, 2.45) is 0 Å². The quantitative estimate of drug-likeness (QED) is 0.434. The van der Waals surface area contributed by atoms with Crippen molar-refractivity contribution >= 4 is 17.3 Å². The zero-order valence-electron chi connectivity index (χ0n) is 21.1. The second-order valence-electron chi connectivity index (χ2n) is 8.53. The molecule has 0 aliphatic carbocycles. The van der Waals surface area contributed by atoms with E-state index in [1.807, 2.05) is 72.8 Å². The Hall–Kier alpha value is -3.59. The van der Waals surface area contributed by atoms with Gasteiger partial charge in [0.25, 0.3) is 0 Å². The predicted molar refractivity (Wildman–Crippen MR) is 142 cm³/mol. The molecule has 0 amide bonds. The molecule has 0 bridgehead atoms. The SMILES string of the molecule is C1COCCN1.CCOC(Cc1ccc(OCCN2c3ccccc3Oc3ccccc32)cc1)C(=O)O. The van der Waals surface area contributed by atoms with Crippen molar-refractivity contribution in [1.82, 2.24) is 5.32 Å². The lowest BCUT2D eigenvalue weighted by Crippen LogP contribution is -2.30. The minimum atomic E-state index is -0.951. The molecule has 196 valence electrons. The van der Waals surface area contributed by atoms with Gasteiger partial charge in [0, 0.05) is 26.1 Å². The summed E-state index contributed by atoms with van der Waals surface area (Å²) in [6, 6.07) is 23.4. The molecule has 2 heterocycles. The molecule has 3 aromatic carbocycles. The number of benzene rings is 3. The first-order valence-electron chi connectivity index (χ1n) is 12.6. The molecule has 1 atom stereocenters. The monoisotopic (exact) mass is 506 g/mol. The molecule has 1 unspecified atom stereocenters. The maximum atomic E-state index is 11.3. The molecule has 2 aliphatic rings. The fourth-order valence-corrected chi connectivity index (χ4v) is 4.15. The van der Waals surface area contributed by atoms with E-state index in [9.17, 15) is 9.90 Å². The number of nitrogens with one attached hydrogen (secondary N) is 1. The topological polar surface area (TPSA) is 89.5 Å². The Kier molecular flexibility index (Phi) is 9.76. The van der Waals surface area contributed by atoms with Crippen molar-refractivity contribution in [2.45, 2.75) is 19.4 Å². The summed E-state index contributed by atoms with van der Waals surface area (Å²) in [5.74, 6) is 1.44. The minimum absolute atomic E-state index is 0.324. The number of para-hydroxylation sites is 4. The third-order valence-corrected chi connectivity index (χ3v) is 5.95. The highest BCUT2D eigenvalue weighted by atomic mass is 16.5. The van der Waals surface area contributed by atoms with Crippen LogP contribution in [-0.4, -0.2) is 63.2 Å². The minimum Gasteiger partial charge on any atom is -0.492 e. The number of carbonyl (C=O) groups is 1. The molecule has 0 saturated carbocycles. The van der Waals surface area contributed by atoms with Crippen LogP contribution in [0.4, 0.5) is 11.4 Å². The number of carboxylic acid groups (broad SMARTS) is 1. The summed E-state index contributed by atoms with van der Waals surface area (Å²) in [7, 11) is 0. The van der Waals surface area contributed by atoms with Crippen LogP contribution in [0.5, 0.6) is 17.2 Å². The summed E-state index contributed by atoms with van der Waals surface area (Å²) in [5, 5.41) is 12.4. The van der Waals surface area contributed by atoms with E-state index in [-0.39, 0.29) is 0 Å². The Morgan fingerprint density at radius 2 is 1.59 bits per heavy atom. The van der Waals surface area contributed by atoms with Crippen molar-refractivity contribution in [1.29, 1.82) is 0 Å². The average Bonchev–Trinajstić information content (AvgIpc) is 2.94. The van der Waals surface area contributed by atoms with E-state index >= 15 is 0 Å². The first-order valence-corrected chi connectivity index (χ1v) is 12.6. The molecule has 2 aliphatic heterocycles. The fourth-order valence-electron chi connectivity index (χ4n) is 4.15. The van der Waals surface area contributed by atoms with Gasteiger partial charge in [0.1, 0.15) is 12.4 Å². The first-order chi connectivity index (χ1) is 18.2. The van der Waals surface area contributed by atoms with Crippen LogP contribution < -0.4 is 19.7 Å². The van der Waals surface area contributed by atoms with E-state index in [0.29, 0.717) is 26.2 Å². The number of fused-ring (bicyclic) bond motifs is 2. The lowest BCUT2D eigenvalue weighted by molar-refractivity contribution is -0.149. The molecule has 1 fully saturated rings. The van der Waals surface area contributed by atoms with Gasteiger partial charge in [-0.05, 0) is 48.9 Å². The van der Waals surface area contributed by atoms with Crippen molar-refractivity contribution in [3.05, 3.63) is 78.4 Å². The molecule has 5 rings (SSSR count). The lowest BCUT2D eigenvalue weighted by atomic mass is 10.1. The number of aliphatic carboxylic acids is 1. The predicted octanol–water partition coefficient (Wildman–Crippen LogP) is 4.65. The number of morpholine rings is 1. The second kappa shape index (κ2) is 13.6. The summed E-state index contributed by atoms with van der Waals surface area (Å²) in [4.78, 5) is 13.5. The molecule has 0 radical (unpaired) electrons. The number of ether oxygens (including phenoxy) is 4. The van der Waals surface area contributed by atoms with Crippen LogP contribution in [0.1, 0.15) is 12.5 Å². The third kappa shape index (κ3) is 7.45. The van der Waals surface area contributed by atoms with E-state index in [2.05, 4.69) is 10.2 Å². The van der Waals surface area contributed by atoms with Crippen molar-refractivity contribution in [3.8, 4) is 17.2 Å². The van der Waals surface area contributed by atoms with E-state index in [4.69, 9.17) is 18.9 Å². The van der Waals surface area contributed by atoms with Crippen LogP contribution in [0.3, 0.4) is 0 Å². The van der Waals surface area contributed by atoms with Crippen molar-refractivity contribution < 1.29 is 28.8 Å². The Bertz CT molecular complexity index is 1080. The summed E-state index contributed by atoms with van der Waals surface area (Å²) in [6.45, 7) is 7.13. The van der Waals surface area contributed by atoms with Crippen LogP contribution >= 0.6 is 0 Å². The molecule has 8 nitrogen and oxygen atoms in total. The van der Waals surface area contributed by atoms with Gasteiger partial charge in [-0.25, -0.2) is 4.79 Å². The molecule has 0 spiro atoms. The zero-order valence-corrected chi connectivity index (χ0v) is 21.1. The van der Waals surface area contributed by atoms with Crippen LogP contribution in [0.2, 0.25) is 0 Å². The fraction of sp³-hybridized carbons (Fsp3) is 0.345. The maximum absolute atomic E-state index is 11.3. The normalized spacial score (nSPS) is 14.8. The lowest BCUT2D eigenvalue weighted by Gasteiger charge is -2.32. The van der Waals surface area contributed by atoms with Crippen LogP contribution in [0, 0.1) is 0 Å². The van der Waals surface area contributed by atoms with Gasteiger partial charge in [-0.3, -0.25) is 0 Å². The van der Waals surface area contributed by atoms with Gasteiger partial charge >= 0.3 is 5.97 Å². The van der Waals surface area contributed by atoms with E-state index < -0.39 is 12.1 Å². The van der Waals surface area contributed by atoms with E-state index in [1.165, 1.54) is 0 Å². The van der Waals surface area contributed by atoms with Crippen molar-refractivity contribution in [2.75, 3.05) is 51.0 Å². The smallest absolute Gasteiger partial charge is 0.333 e. The van der Waals surface area contributed by atoms with Gasteiger partial charge in [0.15, 0.2) is 17.6 Å². The molecular formula is C29H34N2O6. The molecule has 2 N–H and O–H groups in total. The summed E-state index contributed by atoms with van der Waals surface area (Å²) >= 11 is 0.